The Hall–Kier alpha value is -2.21. The normalized spacial score (nSPS) is 23.8. The lowest BCUT2D eigenvalue weighted by Gasteiger charge is -2.16. The summed E-state index contributed by atoms with van der Waals surface area (Å²) in [7, 11) is 0. The molecule has 1 aliphatic heterocycles. The number of carboxylic acids is 1. The van der Waals surface area contributed by atoms with Crippen LogP contribution in [0.3, 0.4) is 0 Å². The van der Waals surface area contributed by atoms with Gasteiger partial charge < -0.3 is 14.9 Å². The van der Waals surface area contributed by atoms with Crippen LogP contribution in [0.1, 0.15) is 5.56 Å². The van der Waals surface area contributed by atoms with Crippen LogP contribution in [0, 0.1) is 0 Å². The van der Waals surface area contributed by atoms with Crippen molar-refractivity contribution in [3.63, 3.8) is 0 Å². The third-order valence-corrected chi connectivity index (χ3v) is 4.05. The summed E-state index contributed by atoms with van der Waals surface area (Å²) < 4.78 is 5.65. The van der Waals surface area contributed by atoms with E-state index in [1.165, 1.54) is 0 Å². The molecule has 3 atom stereocenters. The maximum atomic E-state index is 10.9. The Labute approximate surface area is 134 Å². The van der Waals surface area contributed by atoms with Crippen molar-refractivity contribution in [3.8, 4) is 11.1 Å². The molecule has 0 amide bonds. The number of ether oxygens (including phenoxy) is 1. The average Bonchev–Trinajstić information content (AvgIpc) is 2.95. The van der Waals surface area contributed by atoms with Crippen LogP contribution in [0.2, 0.25) is 0 Å². The van der Waals surface area contributed by atoms with E-state index in [1.807, 2.05) is 42.5 Å². The van der Waals surface area contributed by atoms with E-state index in [4.69, 9.17) is 9.84 Å². The summed E-state index contributed by atoms with van der Waals surface area (Å²) in [5, 5.41) is 21.6. The first-order chi connectivity index (χ1) is 11.1. The van der Waals surface area contributed by atoms with Gasteiger partial charge in [-0.25, -0.2) is 0 Å². The van der Waals surface area contributed by atoms with Crippen LogP contribution in [0.25, 0.3) is 11.1 Å². The van der Waals surface area contributed by atoms with Crippen molar-refractivity contribution in [2.24, 2.45) is 0 Å². The van der Waals surface area contributed by atoms with Gasteiger partial charge in [0.25, 0.3) is 0 Å². The summed E-state index contributed by atoms with van der Waals surface area (Å²) in [5.74, 6) is -1.06. The number of carbonyl (C=O) groups is 1. The number of nitrogens with one attached hydrogen (secondary N) is 1. The Balaban J connectivity index is 1.58. The molecule has 0 spiro atoms. The van der Waals surface area contributed by atoms with Crippen molar-refractivity contribution in [1.82, 2.24) is 5.32 Å². The molecular weight excluding hydrogens is 294 g/mol. The molecule has 3 N–H and O–H groups in total. The highest BCUT2D eigenvalue weighted by molar-refractivity contribution is 5.75. The Morgan fingerprint density at radius 1 is 1.09 bits per heavy atom. The van der Waals surface area contributed by atoms with E-state index in [2.05, 4.69) is 17.4 Å². The maximum absolute atomic E-state index is 10.9. The van der Waals surface area contributed by atoms with Gasteiger partial charge >= 0.3 is 5.97 Å². The predicted molar refractivity (Wildman–Crippen MR) is 85.9 cm³/mol. The fraction of sp³-hybridized carbons (Fsp3) is 0.278. The van der Waals surface area contributed by atoms with E-state index in [0.29, 0.717) is 13.2 Å². The highest BCUT2D eigenvalue weighted by atomic mass is 16.5. The van der Waals surface area contributed by atoms with Gasteiger partial charge in [-0.3, -0.25) is 10.1 Å². The van der Waals surface area contributed by atoms with E-state index in [1.54, 1.807) is 0 Å². The zero-order valence-corrected chi connectivity index (χ0v) is 12.6. The van der Waals surface area contributed by atoms with Crippen LogP contribution in [0.5, 0.6) is 0 Å². The second-order valence-corrected chi connectivity index (χ2v) is 5.63. The molecule has 3 rings (SSSR count). The highest BCUT2D eigenvalue weighted by Crippen LogP contribution is 2.20. The Bertz CT molecular complexity index is 656. The molecule has 0 saturated carbocycles. The minimum absolute atomic E-state index is 0.334. The number of hydrogen-bond donors (Lipinski definition) is 3. The lowest BCUT2D eigenvalue weighted by Crippen LogP contribution is -2.40. The third-order valence-electron chi connectivity index (χ3n) is 4.05. The van der Waals surface area contributed by atoms with Gasteiger partial charge in [0.2, 0.25) is 0 Å². The lowest BCUT2D eigenvalue weighted by molar-refractivity contribution is -0.142. The first-order valence-electron chi connectivity index (χ1n) is 7.55. The monoisotopic (exact) mass is 313 g/mol. The summed E-state index contributed by atoms with van der Waals surface area (Å²) in [6, 6.07) is 17.1. The van der Waals surface area contributed by atoms with E-state index >= 15 is 0 Å². The molecule has 2 aromatic carbocycles. The van der Waals surface area contributed by atoms with Crippen molar-refractivity contribution in [2.75, 3.05) is 6.54 Å². The summed E-state index contributed by atoms with van der Waals surface area (Å²) in [6.45, 7) is 0.672. The Kier molecular flexibility index (Phi) is 4.71. The molecule has 120 valence electrons. The van der Waals surface area contributed by atoms with Crippen molar-refractivity contribution >= 4 is 5.97 Å². The van der Waals surface area contributed by atoms with Gasteiger partial charge in [0.1, 0.15) is 12.1 Å². The van der Waals surface area contributed by atoms with Gasteiger partial charge in [-0.05, 0) is 16.7 Å². The molecule has 0 bridgehead atoms. The number of aliphatic carboxylic acids is 1. The molecule has 0 aliphatic carbocycles. The second-order valence-electron chi connectivity index (χ2n) is 5.63. The zero-order valence-electron chi connectivity index (χ0n) is 12.6. The molecule has 1 aliphatic rings. The smallest absolute Gasteiger partial charge is 0.323 e. The third kappa shape index (κ3) is 3.59. The fourth-order valence-corrected chi connectivity index (χ4v) is 2.72. The van der Waals surface area contributed by atoms with Crippen molar-refractivity contribution < 1.29 is 19.7 Å². The minimum Gasteiger partial charge on any atom is -0.480 e. The quantitative estimate of drug-likeness (QED) is 0.782. The first kappa shape index (κ1) is 15.7. The van der Waals surface area contributed by atoms with Crippen LogP contribution in [-0.2, 0) is 16.1 Å². The fourth-order valence-electron chi connectivity index (χ4n) is 2.72. The average molecular weight is 313 g/mol. The highest BCUT2D eigenvalue weighted by Gasteiger charge is 2.39. The van der Waals surface area contributed by atoms with Crippen LogP contribution < -0.4 is 5.32 Å². The Morgan fingerprint density at radius 2 is 1.74 bits per heavy atom. The number of rotatable bonds is 5. The van der Waals surface area contributed by atoms with Crippen molar-refractivity contribution in [2.45, 2.75) is 24.9 Å². The molecule has 0 radical (unpaired) electrons. The lowest BCUT2D eigenvalue weighted by atomic mass is 10.0. The van der Waals surface area contributed by atoms with Gasteiger partial charge in [0.05, 0.1) is 12.7 Å². The van der Waals surface area contributed by atoms with Gasteiger partial charge in [0.15, 0.2) is 0 Å². The first-order valence-corrected chi connectivity index (χ1v) is 7.55. The Morgan fingerprint density at radius 3 is 2.35 bits per heavy atom. The molecule has 5 heteroatoms. The molecular formula is C18H19NO4. The molecule has 1 saturated heterocycles. The van der Waals surface area contributed by atoms with E-state index in [0.717, 1.165) is 16.7 Å². The molecule has 0 unspecified atom stereocenters. The molecule has 0 aromatic heterocycles. The minimum atomic E-state index is -1.06. The molecule has 2 aromatic rings. The summed E-state index contributed by atoms with van der Waals surface area (Å²) in [5.41, 5.74) is 3.26. The summed E-state index contributed by atoms with van der Waals surface area (Å²) in [4.78, 5) is 10.9. The number of aliphatic hydroxyl groups is 1. The van der Waals surface area contributed by atoms with Crippen molar-refractivity contribution in [1.29, 1.82) is 0 Å². The number of benzene rings is 2. The van der Waals surface area contributed by atoms with Gasteiger partial charge in [-0.15, -0.1) is 0 Å². The largest absolute Gasteiger partial charge is 0.480 e. The maximum Gasteiger partial charge on any atom is 0.323 e. The zero-order chi connectivity index (χ0) is 16.2. The van der Waals surface area contributed by atoms with E-state index in [-0.39, 0.29) is 0 Å². The standard InChI is InChI=1S/C18H19NO4/c20-17-15(10-19-16(17)18(21)22)23-11-12-6-8-14(9-7-12)13-4-2-1-3-5-13/h1-9,15-17,19-20H,10-11H2,(H,21,22)/t15-,16+,17+/m1/s1. The van der Waals surface area contributed by atoms with Gasteiger partial charge in [-0.2, -0.15) is 0 Å². The van der Waals surface area contributed by atoms with E-state index in [9.17, 15) is 9.90 Å². The number of hydrogen-bond acceptors (Lipinski definition) is 4. The summed E-state index contributed by atoms with van der Waals surface area (Å²) >= 11 is 0. The van der Waals surface area contributed by atoms with Gasteiger partial charge in [0, 0.05) is 6.54 Å². The molecule has 23 heavy (non-hydrogen) atoms. The second kappa shape index (κ2) is 6.91. The van der Waals surface area contributed by atoms with Crippen LogP contribution in [-0.4, -0.2) is 41.0 Å². The van der Waals surface area contributed by atoms with E-state index < -0.39 is 24.2 Å². The molecule has 5 nitrogen and oxygen atoms in total. The van der Waals surface area contributed by atoms with Crippen LogP contribution in [0.4, 0.5) is 0 Å². The van der Waals surface area contributed by atoms with Crippen LogP contribution >= 0.6 is 0 Å². The number of carboxylic acid groups (broad SMARTS) is 1. The molecule has 1 heterocycles. The summed E-state index contributed by atoms with van der Waals surface area (Å²) in [6.07, 6.45) is -1.54. The van der Waals surface area contributed by atoms with Gasteiger partial charge in [-0.1, -0.05) is 54.6 Å². The van der Waals surface area contributed by atoms with Crippen LogP contribution in [0.15, 0.2) is 54.6 Å². The molecule has 1 fully saturated rings. The van der Waals surface area contributed by atoms with Crippen molar-refractivity contribution in [3.05, 3.63) is 60.2 Å². The number of aliphatic hydroxyl groups excluding tert-OH is 1. The SMILES string of the molecule is O=C(O)[C@H]1NC[C@@H](OCc2ccc(-c3ccccc3)cc2)[C@@H]1O. The predicted octanol–water partition coefficient (Wildman–Crippen LogP) is 1.66. The topological polar surface area (TPSA) is 78.8 Å².